The van der Waals surface area contributed by atoms with Gasteiger partial charge in [0.25, 0.3) is 5.91 Å². The molecule has 1 aromatic carbocycles. The number of aromatic nitrogens is 3. The minimum atomic E-state index is -0.444. The monoisotopic (exact) mass is 339 g/mol. The first-order chi connectivity index (χ1) is 12.1. The fraction of sp³-hybridized carbons (Fsp3) is 0. The second-order valence-corrected chi connectivity index (χ2v) is 4.90. The zero-order chi connectivity index (χ0) is 17.6. The van der Waals surface area contributed by atoms with Gasteiger partial charge in [-0.15, -0.1) is 0 Å². The van der Waals surface area contributed by atoms with Gasteiger partial charge in [0.05, 0.1) is 5.69 Å². The Kier molecular flexibility index (Phi) is 4.65. The van der Waals surface area contributed by atoms with E-state index >= 15 is 0 Å². The van der Waals surface area contributed by atoms with Crippen molar-refractivity contribution in [3.05, 3.63) is 66.5 Å². The minimum Gasteiger partial charge on any atom is -0.393 e. The number of amides is 1. The van der Waals surface area contributed by atoms with Gasteiger partial charge in [0.15, 0.2) is 11.6 Å². The normalized spacial score (nSPS) is 10.1. The topological polar surface area (TPSA) is 118 Å². The van der Waals surface area contributed by atoms with Crippen LogP contribution in [0.15, 0.2) is 55.1 Å². The molecule has 0 fully saturated rings. The van der Waals surface area contributed by atoms with E-state index < -0.39 is 5.82 Å². The van der Waals surface area contributed by atoms with Crippen molar-refractivity contribution < 1.29 is 9.18 Å². The Bertz CT molecular complexity index is 889. The molecule has 2 heterocycles. The Labute approximate surface area is 142 Å². The second-order valence-electron chi connectivity index (χ2n) is 4.90. The van der Waals surface area contributed by atoms with E-state index in [0.717, 1.165) is 0 Å². The lowest BCUT2D eigenvalue weighted by Gasteiger charge is -2.13. The van der Waals surface area contributed by atoms with Gasteiger partial charge >= 0.3 is 0 Å². The van der Waals surface area contributed by atoms with Crippen molar-refractivity contribution in [1.82, 2.24) is 20.4 Å². The van der Waals surface area contributed by atoms with Crippen LogP contribution in [-0.4, -0.2) is 20.9 Å². The lowest BCUT2D eigenvalue weighted by atomic mass is 10.2. The van der Waals surface area contributed by atoms with Gasteiger partial charge in [-0.05, 0) is 24.3 Å². The fourth-order valence-electron chi connectivity index (χ4n) is 1.98. The van der Waals surface area contributed by atoms with E-state index in [2.05, 4.69) is 31.1 Å². The van der Waals surface area contributed by atoms with Crippen LogP contribution in [0, 0.1) is 5.82 Å². The van der Waals surface area contributed by atoms with E-state index in [-0.39, 0.29) is 28.9 Å². The van der Waals surface area contributed by atoms with Crippen molar-refractivity contribution in [3.63, 3.8) is 0 Å². The van der Waals surface area contributed by atoms with Crippen molar-refractivity contribution >= 4 is 28.9 Å². The van der Waals surface area contributed by atoms with Gasteiger partial charge in [0, 0.05) is 18.0 Å². The molecular formula is C16H14FN7O. The number of benzene rings is 1. The average molecular weight is 339 g/mol. The number of nitrogens with zero attached hydrogens (tertiary/aromatic N) is 3. The van der Waals surface area contributed by atoms with E-state index in [1.165, 1.54) is 24.8 Å². The average Bonchev–Trinajstić information content (AvgIpc) is 2.64. The zero-order valence-corrected chi connectivity index (χ0v) is 12.9. The molecule has 0 unspecified atom stereocenters. The Morgan fingerprint density at radius 1 is 1.04 bits per heavy atom. The highest BCUT2D eigenvalue weighted by molar-refractivity contribution is 5.95. The van der Waals surface area contributed by atoms with Gasteiger partial charge < -0.3 is 11.1 Å². The lowest BCUT2D eigenvalue weighted by molar-refractivity contribution is 0.0962. The fourth-order valence-corrected chi connectivity index (χ4v) is 1.98. The van der Waals surface area contributed by atoms with Crippen LogP contribution in [0.3, 0.4) is 0 Å². The number of carbonyl (C=O) groups is 1. The van der Waals surface area contributed by atoms with Crippen LogP contribution in [0.4, 0.5) is 27.4 Å². The Morgan fingerprint density at radius 3 is 2.52 bits per heavy atom. The molecule has 0 aliphatic heterocycles. The highest BCUT2D eigenvalue weighted by Crippen LogP contribution is 2.26. The van der Waals surface area contributed by atoms with Crippen LogP contribution in [0.2, 0.25) is 0 Å². The molecule has 0 saturated carbocycles. The van der Waals surface area contributed by atoms with Crippen molar-refractivity contribution in [1.29, 1.82) is 0 Å². The molecule has 8 nitrogen and oxygen atoms in total. The lowest BCUT2D eigenvalue weighted by Crippen LogP contribution is -2.30. The molecule has 126 valence electrons. The summed E-state index contributed by atoms with van der Waals surface area (Å²) < 4.78 is 13.7. The van der Waals surface area contributed by atoms with Gasteiger partial charge in [-0.25, -0.2) is 14.4 Å². The summed E-state index contributed by atoms with van der Waals surface area (Å²) in [5.41, 5.74) is 11.8. The van der Waals surface area contributed by atoms with Crippen LogP contribution in [0.1, 0.15) is 10.4 Å². The number of hydrogen-bond acceptors (Lipinski definition) is 7. The summed E-state index contributed by atoms with van der Waals surface area (Å²) in [6, 6.07) is 9.24. The van der Waals surface area contributed by atoms with Gasteiger partial charge in [0.2, 0.25) is 0 Å². The van der Waals surface area contributed by atoms with Gasteiger partial charge in [-0.1, -0.05) is 12.1 Å². The molecule has 0 aliphatic carbocycles. The minimum absolute atomic E-state index is 0.126. The van der Waals surface area contributed by atoms with E-state index in [1.807, 2.05) is 0 Å². The maximum absolute atomic E-state index is 13.7. The first kappa shape index (κ1) is 16.1. The van der Waals surface area contributed by atoms with Crippen LogP contribution < -0.4 is 21.9 Å². The number of nitrogens with one attached hydrogen (secondary N) is 3. The maximum atomic E-state index is 13.7. The molecule has 0 atom stereocenters. The number of carbonyl (C=O) groups excluding carboxylic acids is 1. The molecule has 0 bridgehead atoms. The molecule has 0 spiro atoms. The van der Waals surface area contributed by atoms with E-state index in [0.29, 0.717) is 5.56 Å². The summed E-state index contributed by atoms with van der Waals surface area (Å²) >= 11 is 0. The standard InChI is InChI=1S/C16H14FN7O/c17-11-3-1-2-4-12(11)22-14-13(18)15(21-9-20-14)23-24-16(25)10-5-7-19-8-6-10/h1-9H,18H2,(H,24,25)(H2,20,21,22,23). The van der Waals surface area contributed by atoms with E-state index in [9.17, 15) is 9.18 Å². The number of para-hydroxylation sites is 1. The van der Waals surface area contributed by atoms with Crippen molar-refractivity contribution in [2.45, 2.75) is 0 Å². The summed E-state index contributed by atoms with van der Waals surface area (Å²) in [5, 5.41) is 2.79. The Hall–Kier alpha value is -3.75. The number of anilines is 4. The van der Waals surface area contributed by atoms with Crippen molar-refractivity contribution in [2.24, 2.45) is 0 Å². The summed E-state index contributed by atoms with van der Waals surface area (Å²) in [7, 11) is 0. The molecule has 5 N–H and O–H groups in total. The number of halogens is 1. The maximum Gasteiger partial charge on any atom is 0.269 e. The smallest absolute Gasteiger partial charge is 0.269 e. The number of rotatable bonds is 5. The zero-order valence-electron chi connectivity index (χ0n) is 12.9. The highest BCUT2D eigenvalue weighted by atomic mass is 19.1. The van der Waals surface area contributed by atoms with Crippen LogP contribution in [0.25, 0.3) is 0 Å². The highest BCUT2D eigenvalue weighted by Gasteiger charge is 2.11. The molecule has 0 aliphatic rings. The third-order valence-corrected chi connectivity index (χ3v) is 3.25. The molecule has 0 radical (unpaired) electrons. The van der Waals surface area contributed by atoms with Crippen LogP contribution in [-0.2, 0) is 0 Å². The molecule has 3 rings (SSSR count). The molecule has 0 saturated heterocycles. The predicted octanol–water partition coefficient (Wildman–Crippen LogP) is 2.09. The van der Waals surface area contributed by atoms with E-state index in [1.54, 1.807) is 30.3 Å². The van der Waals surface area contributed by atoms with Crippen LogP contribution >= 0.6 is 0 Å². The first-order valence-electron chi connectivity index (χ1n) is 7.23. The Morgan fingerprint density at radius 2 is 1.76 bits per heavy atom. The molecule has 25 heavy (non-hydrogen) atoms. The van der Waals surface area contributed by atoms with Gasteiger partial charge in [-0.3, -0.25) is 20.6 Å². The third-order valence-electron chi connectivity index (χ3n) is 3.25. The van der Waals surface area contributed by atoms with Crippen molar-refractivity contribution in [3.8, 4) is 0 Å². The molecule has 2 aromatic heterocycles. The second kappa shape index (κ2) is 7.21. The quantitative estimate of drug-likeness (QED) is 0.526. The van der Waals surface area contributed by atoms with Gasteiger partial charge in [-0.2, -0.15) is 0 Å². The first-order valence-corrected chi connectivity index (χ1v) is 7.23. The summed E-state index contributed by atoms with van der Waals surface area (Å²) in [5.74, 6) is -0.443. The largest absolute Gasteiger partial charge is 0.393 e. The number of nitrogen functional groups attached to an aromatic ring is 1. The summed E-state index contributed by atoms with van der Waals surface area (Å²) in [4.78, 5) is 23.8. The number of nitrogens with two attached hydrogens (primary N) is 1. The van der Waals surface area contributed by atoms with Crippen molar-refractivity contribution in [2.75, 3.05) is 16.5 Å². The SMILES string of the molecule is Nc1c(NNC(=O)c2ccncc2)ncnc1Nc1ccccc1F. The van der Waals surface area contributed by atoms with Gasteiger partial charge in [0.1, 0.15) is 17.8 Å². The molecule has 9 heteroatoms. The van der Waals surface area contributed by atoms with E-state index in [4.69, 9.17) is 5.73 Å². The summed E-state index contributed by atoms with van der Waals surface area (Å²) in [6.07, 6.45) is 4.25. The molecule has 3 aromatic rings. The summed E-state index contributed by atoms with van der Waals surface area (Å²) in [6.45, 7) is 0. The third kappa shape index (κ3) is 3.78. The predicted molar refractivity (Wildman–Crippen MR) is 91.5 cm³/mol. The Balaban J connectivity index is 1.73. The number of hydrogen-bond donors (Lipinski definition) is 4. The van der Waals surface area contributed by atoms with Crippen LogP contribution in [0.5, 0.6) is 0 Å². The molecule has 1 amide bonds. The molecular weight excluding hydrogens is 325 g/mol. The number of pyridine rings is 1. The number of hydrazine groups is 1.